The number of thiol groups is 1. The van der Waals surface area contributed by atoms with Gasteiger partial charge >= 0.3 is 0 Å². The second kappa shape index (κ2) is 6.65. The molecule has 1 aliphatic heterocycles. The van der Waals surface area contributed by atoms with E-state index < -0.39 is 0 Å². The summed E-state index contributed by atoms with van der Waals surface area (Å²) in [6, 6.07) is 0.695. The Morgan fingerprint density at radius 1 is 1.46 bits per heavy atom. The Morgan fingerprint density at radius 2 is 2.15 bits per heavy atom. The first kappa shape index (κ1) is 11.3. The van der Waals surface area contributed by atoms with E-state index in [2.05, 4.69) is 22.4 Å². The summed E-state index contributed by atoms with van der Waals surface area (Å²) in [5, 5.41) is 3.54. The van der Waals surface area contributed by atoms with Crippen molar-refractivity contribution < 1.29 is 4.74 Å². The number of hydrogen-bond donors (Lipinski definition) is 2. The zero-order valence-electron chi connectivity index (χ0n) is 8.33. The molecular weight excluding hydrogens is 184 g/mol. The average Bonchev–Trinajstić information content (AvgIpc) is 2.15. The molecule has 1 N–H and O–H groups in total. The maximum absolute atomic E-state index is 4.99. The highest BCUT2D eigenvalue weighted by atomic mass is 32.1. The van der Waals surface area contributed by atoms with Crippen LogP contribution in [0.3, 0.4) is 0 Å². The monoisotopic (exact) mass is 204 g/mol. The zero-order valence-corrected chi connectivity index (χ0v) is 9.22. The van der Waals surface area contributed by atoms with E-state index >= 15 is 0 Å². The number of ether oxygens (including phenoxy) is 1. The van der Waals surface area contributed by atoms with E-state index in [9.17, 15) is 0 Å². The summed E-state index contributed by atoms with van der Waals surface area (Å²) in [6.45, 7) is 4.14. The zero-order chi connectivity index (χ0) is 9.52. The van der Waals surface area contributed by atoms with Crippen LogP contribution in [0.5, 0.6) is 0 Å². The van der Waals surface area contributed by atoms with Gasteiger partial charge in [0.2, 0.25) is 0 Å². The van der Waals surface area contributed by atoms with E-state index in [1.165, 1.54) is 12.8 Å². The van der Waals surface area contributed by atoms with E-state index in [4.69, 9.17) is 4.74 Å². The molecule has 1 heterocycles. The number of nitrogens with zero attached hydrogens (tertiary/aromatic N) is 1. The molecule has 1 fully saturated rings. The van der Waals surface area contributed by atoms with Gasteiger partial charge in [-0.1, -0.05) is 12.8 Å². The van der Waals surface area contributed by atoms with Gasteiger partial charge in [-0.2, -0.15) is 0 Å². The van der Waals surface area contributed by atoms with Crippen LogP contribution in [-0.2, 0) is 4.74 Å². The molecule has 0 saturated carbocycles. The van der Waals surface area contributed by atoms with Crippen molar-refractivity contribution in [1.82, 2.24) is 9.62 Å². The van der Waals surface area contributed by atoms with Gasteiger partial charge in [0.15, 0.2) is 0 Å². The molecular formula is C9H20N2OS. The lowest BCUT2D eigenvalue weighted by Gasteiger charge is -2.28. The molecule has 0 aromatic rings. The Labute approximate surface area is 86.4 Å². The predicted octanol–water partition coefficient (Wildman–Crippen LogP) is 0.922. The third-order valence-corrected chi connectivity index (χ3v) is 2.83. The van der Waals surface area contributed by atoms with Gasteiger partial charge in [0.25, 0.3) is 0 Å². The van der Waals surface area contributed by atoms with Gasteiger partial charge in [-0.15, -0.1) is 0 Å². The van der Waals surface area contributed by atoms with Crippen molar-refractivity contribution >= 4 is 12.8 Å². The molecule has 0 spiro atoms. The fraction of sp³-hybridized carbons (Fsp3) is 1.00. The SMILES string of the molecule is COCCCNC1CCN(S)CC1. The van der Waals surface area contributed by atoms with Gasteiger partial charge in [0.1, 0.15) is 0 Å². The highest BCUT2D eigenvalue weighted by Gasteiger charge is 2.15. The average molecular weight is 204 g/mol. The van der Waals surface area contributed by atoms with Crippen LogP contribution in [0.25, 0.3) is 0 Å². The van der Waals surface area contributed by atoms with E-state index in [0.717, 1.165) is 32.7 Å². The number of nitrogens with one attached hydrogen (secondary N) is 1. The summed E-state index contributed by atoms with van der Waals surface area (Å²) in [7, 11) is 1.75. The van der Waals surface area contributed by atoms with E-state index in [-0.39, 0.29) is 0 Å². The topological polar surface area (TPSA) is 24.5 Å². The normalized spacial score (nSPS) is 20.8. The molecule has 0 aromatic carbocycles. The summed E-state index contributed by atoms with van der Waals surface area (Å²) in [5.41, 5.74) is 0. The lowest BCUT2D eigenvalue weighted by Crippen LogP contribution is -2.39. The van der Waals surface area contributed by atoms with Gasteiger partial charge in [0, 0.05) is 32.8 Å². The smallest absolute Gasteiger partial charge is 0.0474 e. The standard InChI is InChI=1S/C9H20N2OS/c1-12-8-2-5-10-9-3-6-11(13)7-4-9/h9-10,13H,2-8H2,1H3. The minimum Gasteiger partial charge on any atom is -0.385 e. The molecule has 0 radical (unpaired) electrons. The first-order chi connectivity index (χ1) is 6.33. The van der Waals surface area contributed by atoms with Crippen molar-refractivity contribution in [2.75, 3.05) is 33.4 Å². The Hall–Kier alpha value is 0.230. The molecule has 13 heavy (non-hydrogen) atoms. The van der Waals surface area contributed by atoms with Gasteiger partial charge in [-0.25, -0.2) is 0 Å². The van der Waals surface area contributed by atoms with Crippen LogP contribution >= 0.6 is 12.8 Å². The molecule has 4 heteroatoms. The van der Waals surface area contributed by atoms with Crippen LogP contribution in [0, 0.1) is 0 Å². The molecule has 0 amide bonds. The minimum atomic E-state index is 0.695. The van der Waals surface area contributed by atoms with Crippen LogP contribution in [0.2, 0.25) is 0 Å². The Balaban J connectivity index is 1.96. The summed E-state index contributed by atoms with van der Waals surface area (Å²) in [4.78, 5) is 0. The number of hydrogen-bond acceptors (Lipinski definition) is 4. The highest BCUT2D eigenvalue weighted by molar-refractivity contribution is 7.77. The molecule has 1 aliphatic rings. The highest BCUT2D eigenvalue weighted by Crippen LogP contribution is 2.11. The molecule has 0 bridgehead atoms. The first-order valence-corrected chi connectivity index (χ1v) is 5.39. The quantitative estimate of drug-likeness (QED) is 0.514. The fourth-order valence-corrected chi connectivity index (χ4v) is 1.82. The predicted molar refractivity (Wildman–Crippen MR) is 58.1 cm³/mol. The summed E-state index contributed by atoms with van der Waals surface area (Å²) < 4.78 is 7.08. The minimum absolute atomic E-state index is 0.695. The number of piperidine rings is 1. The lowest BCUT2D eigenvalue weighted by atomic mass is 10.1. The van der Waals surface area contributed by atoms with Crippen molar-refractivity contribution in [3.8, 4) is 0 Å². The van der Waals surface area contributed by atoms with Crippen molar-refractivity contribution in [2.24, 2.45) is 0 Å². The maximum Gasteiger partial charge on any atom is 0.0474 e. The van der Waals surface area contributed by atoms with Crippen molar-refractivity contribution in [3.05, 3.63) is 0 Å². The van der Waals surface area contributed by atoms with E-state index in [1.807, 2.05) is 0 Å². The molecule has 1 rings (SSSR count). The third-order valence-electron chi connectivity index (χ3n) is 2.43. The molecule has 0 aliphatic carbocycles. The maximum atomic E-state index is 4.99. The largest absolute Gasteiger partial charge is 0.385 e. The van der Waals surface area contributed by atoms with Gasteiger partial charge in [-0.05, 0) is 25.8 Å². The van der Waals surface area contributed by atoms with Gasteiger partial charge < -0.3 is 10.1 Å². The van der Waals surface area contributed by atoms with Crippen molar-refractivity contribution in [1.29, 1.82) is 0 Å². The molecule has 1 saturated heterocycles. The van der Waals surface area contributed by atoms with E-state index in [1.54, 1.807) is 7.11 Å². The van der Waals surface area contributed by atoms with Crippen molar-refractivity contribution in [2.45, 2.75) is 25.3 Å². The summed E-state index contributed by atoms with van der Waals surface area (Å²) in [6.07, 6.45) is 3.55. The molecule has 78 valence electrons. The second-order valence-electron chi connectivity index (χ2n) is 3.53. The van der Waals surface area contributed by atoms with Crippen LogP contribution in [-0.4, -0.2) is 43.7 Å². The lowest BCUT2D eigenvalue weighted by molar-refractivity contribution is 0.191. The van der Waals surface area contributed by atoms with Crippen LogP contribution in [0.1, 0.15) is 19.3 Å². The third kappa shape index (κ3) is 4.86. The van der Waals surface area contributed by atoms with Crippen LogP contribution in [0.4, 0.5) is 0 Å². The van der Waals surface area contributed by atoms with Crippen LogP contribution in [0.15, 0.2) is 0 Å². The van der Waals surface area contributed by atoms with Gasteiger partial charge in [-0.3, -0.25) is 4.31 Å². The molecule has 0 atom stereocenters. The Morgan fingerprint density at radius 3 is 2.77 bits per heavy atom. The molecule has 0 aromatic heterocycles. The first-order valence-electron chi connectivity index (χ1n) is 4.99. The van der Waals surface area contributed by atoms with Crippen LogP contribution < -0.4 is 5.32 Å². The molecule has 3 nitrogen and oxygen atoms in total. The summed E-state index contributed by atoms with van der Waals surface area (Å²) in [5.74, 6) is 0. The number of methoxy groups -OCH3 is 1. The Kier molecular flexibility index (Phi) is 5.78. The van der Waals surface area contributed by atoms with Gasteiger partial charge in [0.05, 0.1) is 0 Å². The Bertz CT molecular complexity index is 127. The van der Waals surface area contributed by atoms with Crippen molar-refractivity contribution in [3.63, 3.8) is 0 Å². The summed E-state index contributed by atoms with van der Waals surface area (Å²) >= 11 is 4.31. The fourth-order valence-electron chi connectivity index (χ4n) is 1.59. The molecule has 0 unspecified atom stereocenters. The second-order valence-corrected chi connectivity index (χ2v) is 4.09. The number of rotatable bonds is 5. The van der Waals surface area contributed by atoms with E-state index in [0.29, 0.717) is 6.04 Å².